The van der Waals surface area contributed by atoms with E-state index in [0.717, 1.165) is 29.1 Å². The number of rotatable bonds is 4. The summed E-state index contributed by atoms with van der Waals surface area (Å²) < 4.78 is 0. The number of nitrogens with zero attached hydrogens (tertiary/aromatic N) is 1. The van der Waals surface area contributed by atoms with Gasteiger partial charge in [0.05, 0.1) is 11.4 Å². The molecule has 1 aromatic carbocycles. The van der Waals surface area contributed by atoms with Crippen LogP contribution in [0.1, 0.15) is 11.3 Å². The maximum atomic E-state index is 5.88. The molecule has 0 bridgehead atoms. The number of fused-ring (bicyclic) bond motifs is 1. The molecule has 21 heavy (non-hydrogen) atoms. The van der Waals surface area contributed by atoms with Crippen molar-refractivity contribution in [1.29, 1.82) is 0 Å². The van der Waals surface area contributed by atoms with Crippen molar-refractivity contribution in [3.8, 4) is 0 Å². The summed E-state index contributed by atoms with van der Waals surface area (Å²) in [7, 11) is 1.95. The Kier molecular flexibility index (Phi) is 3.82. The average Bonchev–Trinajstić information content (AvgIpc) is 2.85. The van der Waals surface area contributed by atoms with E-state index < -0.39 is 0 Å². The smallest absolute Gasteiger partial charge is 0.129 e. The predicted molar refractivity (Wildman–Crippen MR) is 88.3 cm³/mol. The molecule has 2 heterocycles. The Hall–Kier alpha value is -2.04. The van der Waals surface area contributed by atoms with Gasteiger partial charge in [-0.25, -0.2) is 4.98 Å². The molecule has 0 saturated carbocycles. The van der Waals surface area contributed by atoms with Gasteiger partial charge in [-0.2, -0.15) is 0 Å². The highest BCUT2D eigenvalue weighted by Gasteiger charge is 2.05. The Morgan fingerprint density at radius 2 is 2.10 bits per heavy atom. The largest absolute Gasteiger partial charge is 0.361 e. The van der Waals surface area contributed by atoms with E-state index in [-0.39, 0.29) is 0 Å². The fourth-order valence-electron chi connectivity index (χ4n) is 2.42. The summed E-state index contributed by atoms with van der Waals surface area (Å²) in [5, 5.41) is 8.29. The molecule has 2 aromatic heterocycles. The number of anilines is 2. The topological polar surface area (TPSA) is 52.7 Å². The summed E-state index contributed by atoms with van der Waals surface area (Å²) in [6.07, 6.45) is 2.04. The summed E-state index contributed by atoms with van der Waals surface area (Å²) in [6.45, 7) is 2.79. The highest BCUT2D eigenvalue weighted by molar-refractivity contribution is 6.29. The van der Waals surface area contributed by atoms with Crippen LogP contribution in [-0.2, 0) is 6.54 Å². The molecule has 0 atom stereocenters. The second-order valence-electron chi connectivity index (χ2n) is 5.00. The molecular weight excluding hydrogens is 284 g/mol. The molecule has 0 fully saturated rings. The third-order valence-electron chi connectivity index (χ3n) is 3.47. The summed E-state index contributed by atoms with van der Waals surface area (Å²) in [6, 6.07) is 10.0. The van der Waals surface area contributed by atoms with Crippen LogP contribution in [0.2, 0.25) is 5.15 Å². The number of aryl methyl sites for hydroxylation is 1. The third kappa shape index (κ3) is 2.86. The van der Waals surface area contributed by atoms with Crippen molar-refractivity contribution in [2.75, 3.05) is 12.4 Å². The van der Waals surface area contributed by atoms with Gasteiger partial charge in [0.15, 0.2) is 0 Å². The van der Waals surface area contributed by atoms with E-state index in [0.29, 0.717) is 5.15 Å². The fourth-order valence-corrected chi connectivity index (χ4v) is 2.61. The number of aromatic amines is 1. The number of halogens is 1. The number of aromatic nitrogens is 2. The van der Waals surface area contributed by atoms with Gasteiger partial charge in [0.25, 0.3) is 0 Å². The molecule has 0 radical (unpaired) electrons. The molecule has 0 amide bonds. The van der Waals surface area contributed by atoms with Gasteiger partial charge in [-0.3, -0.25) is 0 Å². The van der Waals surface area contributed by atoms with Gasteiger partial charge in [0.2, 0.25) is 0 Å². The summed E-state index contributed by atoms with van der Waals surface area (Å²) in [5.41, 5.74) is 5.24. The van der Waals surface area contributed by atoms with Gasteiger partial charge >= 0.3 is 0 Å². The van der Waals surface area contributed by atoms with Crippen molar-refractivity contribution in [3.63, 3.8) is 0 Å². The minimum absolute atomic E-state index is 0.509. The lowest BCUT2D eigenvalue weighted by Crippen LogP contribution is -2.03. The normalized spacial score (nSPS) is 11.0. The molecule has 0 spiro atoms. The molecule has 3 N–H and O–H groups in total. The van der Waals surface area contributed by atoms with Crippen LogP contribution in [0.4, 0.5) is 11.4 Å². The zero-order chi connectivity index (χ0) is 14.8. The number of pyridine rings is 1. The maximum Gasteiger partial charge on any atom is 0.129 e. The first-order chi connectivity index (χ1) is 10.2. The van der Waals surface area contributed by atoms with Crippen LogP contribution in [0.3, 0.4) is 0 Å². The molecular formula is C16H17ClN4. The summed E-state index contributed by atoms with van der Waals surface area (Å²) >= 11 is 5.88. The van der Waals surface area contributed by atoms with Crippen LogP contribution < -0.4 is 10.6 Å². The van der Waals surface area contributed by atoms with Gasteiger partial charge < -0.3 is 15.6 Å². The Morgan fingerprint density at radius 3 is 2.86 bits per heavy atom. The molecule has 0 aliphatic carbocycles. The van der Waals surface area contributed by atoms with E-state index in [4.69, 9.17) is 11.6 Å². The minimum Gasteiger partial charge on any atom is -0.361 e. The number of benzene rings is 1. The predicted octanol–water partition coefficient (Wildman–Crippen LogP) is 3.99. The van der Waals surface area contributed by atoms with E-state index in [1.54, 1.807) is 6.07 Å². The van der Waals surface area contributed by atoms with E-state index in [9.17, 15) is 0 Å². The van der Waals surface area contributed by atoms with Gasteiger partial charge in [-0.05, 0) is 43.8 Å². The van der Waals surface area contributed by atoms with E-state index in [2.05, 4.69) is 38.8 Å². The molecule has 0 aliphatic heterocycles. The average molecular weight is 301 g/mol. The number of H-pyrrole nitrogens is 1. The summed E-state index contributed by atoms with van der Waals surface area (Å²) in [4.78, 5) is 7.55. The van der Waals surface area contributed by atoms with Gasteiger partial charge in [0, 0.05) is 29.3 Å². The van der Waals surface area contributed by atoms with Crippen molar-refractivity contribution < 1.29 is 0 Å². The Labute approximate surface area is 128 Å². The van der Waals surface area contributed by atoms with E-state index in [1.807, 2.05) is 26.2 Å². The lowest BCUT2D eigenvalue weighted by molar-refractivity contribution is 0.823. The number of hydrogen-bond donors (Lipinski definition) is 3. The molecule has 0 unspecified atom stereocenters. The molecule has 5 heteroatoms. The Morgan fingerprint density at radius 1 is 1.24 bits per heavy atom. The molecule has 0 aliphatic rings. The number of nitrogens with one attached hydrogen (secondary N) is 3. The van der Waals surface area contributed by atoms with Crippen LogP contribution in [0.15, 0.2) is 36.5 Å². The van der Waals surface area contributed by atoms with Crippen molar-refractivity contribution >= 4 is 33.9 Å². The SMILES string of the molecule is CNCc1c[nH]c2cc(Nc3ccc(Cl)nc3C)ccc12. The quantitative estimate of drug-likeness (QED) is 0.639. The summed E-state index contributed by atoms with van der Waals surface area (Å²) in [5.74, 6) is 0. The first-order valence-corrected chi connectivity index (χ1v) is 7.20. The highest BCUT2D eigenvalue weighted by atomic mass is 35.5. The number of hydrogen-bond acceptors (Lipinski definition) is 3. The highest BCUT2D eigenvalue weighted by Crippen LogP contribution is 2.25. The minimum atomic E-state index is 0.509. The monoisotopic (exact) mass is 300 g/mol. The van der Waals surface area contributed by atoms with Crippen molar-refractivity contribution in [1.82, 2.24) is 15.3 Å². The van der Waals surface area contributed by atoms with Crippen molar-refractivity contribution in [2.45, 2.75) is 13.5 Å². The second kappa shape index (κ2) is 5.76. The lowest BCUT2D eigenvalue weighted by atomic mass is 10.1. The zero-order valence-electron chi connectivity index (χ0n) is 12.0. The zero-order valence-corrected chi connectivity index (χ0v) is 12.8. The van der Waals surface area contributed by atoms with Crippen LogP contribution >= 0.6 is 11.6 Å². The Bertz CT molecular complexity index is 779. The van der Waals surface area contributed by atoms with E-state index >= 15 is 0 Å². The first-order valence-electron chi connectivity index (χ1n) is 6.82. The fraction of sp³-hybridized carbons (Fsp3) is 0.188. The Balaban J connectivity index is 1.91. The molecule has 108 valence electrons. The lowest BCUT2D eigenvalue weighted by Gasteiger charge is -2.09. The molecule has 4 nitrogen and oxygen atoms in total. The van der Waals surface area contributed by atoms with Crippen LogP contribution in [0.25, 0.3) is 10.9 Å². The molecule has 0 saturated heterocycles. The van der Waals surface area contributed by atoms with Gasteiger partial charge in [-0.1, -0.05) is 17.7 Å². The van der Waals surface area contributed by atoms with Crippen molar-refractivity contribution in [2.24, 2.45) is 0 Å². The molecule has 3 rings (SSSR count). The first kappa shape index (κ1) is 13.9. The third-order valence-corrected chi connectivity index (χ3v) is 3.68. The van der Waals surface area contributed by atoms with Crippen LogP contribution in [0, 0.1) is 6.92 Å². The van der Waals surface area contributed by atoms with Crippen molar-refractivity contribution in [3.05, 3.63) is 52.9 Å². The van der Waals surface area contributed by atoms with Gasteiger partial charge in [0.1, 0.15) is 5.15 Å². The van der Waals surface area contributed by atoms with Crippen LogP contribution in [-0.4, -0.2) is 17.0 Å². The van der Waals surface area contributed by atoms with Gasteiger partial charge in [-0.15, -0.1) is 0 Å². The van der Waals surface area contributed by atoms with E-state index in [1.165, 1.54) is 10.9 Å². The molecule has 3 aromatic rings. The van der Waals surface area contributed by atoms with Crippen LogP contribution in [0.5, 0.6) is 0 Å². The maximum absolute atomic E-state index is 5.88. The second-order valence-corrected chi connectivity index (χ2v) is 5.38. The standard InChI is InChI=1S/C16H17ClN4/c1-10-14(5-6-16(17)20-10)21-12-3-4-13-11(8-18-2)9-19-15(13)7-12/h3-7,9,18-19,21H,8H2,1-2H3.